The molecule has 0 N–H and O–H groups in total. The first kappa shape index (κ1) is 21.1. The number of fused-ring (bicyclic) bond motifs is 1. The van der Waals surface area contributed by atoms with Crippen molar-refractivity contribution in [3.05, 3.63) is 63.2 Å². The normalized spacial score (nSPS) is 15.0. The molecule has 2 aromatic rings. The maximum atomic E-state index is 12.2. The molecule has 0 aliphatic carbocycles. The number of nitrogens with zero attached hydrogens (tertiary/aromatic N) is 2. The highest BCUT2D eigenvalue weighted by molar-refractivity contribution is 7.90. The minimum absolute atomic E-state index is 0.0628. The van der Waals surface area contributed by atoms with Gasteiger partial charge in [0.2, 0.25) is 0 Å². The van der Waals surface area contributed by atoms with Gasteiger partial charge in [0.15, 0.2) is 11.5 Å². The van der Waals surface area contributed by atoms with Gasteiger partial charge >= 0.3 is 0 Å². The molecule has 0 bridgehead atoms. The van der Waals surface area contributed by atoms with E-state index in [9.17, 15) is 18.5 Å². The second-order valence-electron chi connectivity index (χ2n) is 7.03. The molecule has 156 valence electrons. The molecule has 1 aliphatic rings. The molecule has 1 aliphatic heterocycles. The van der Waals surface area contributed by atoms with E-state index in [1.165, 1.54) is 12.3 Å². The second kappa shape index (κ2) is 8.38. The monoisotopic (exact) mass is 420 g/mol. The van der Waals surface area contributed by atoms with Gasteiger partial charge in [0.1, 0.15) is 9.84 Å². The van der Waals surface area contributed by atoms with E-state index in [1.54, 1.807) is 25.3 Å². The smallest absolute Gasteiger partial charge is 0.274 e. The highest BCUT2D eigenvalue weighted by Gasteiger charge is 2.33. The van der Waals surface area contributed by atoms with Crippen molar-refractivity contribution in [2.75, 3.05) is 25.7 Å². The van der Waals surface area contributed by atoms with Crippen molar-refractivity contribution in [1.29, 1.82) is 0 Å². The van der Waals surface area contributed by atoms with Crippen molar-refractivity contribution in [2.45, 2.75) is 26.1 Å². The zero-order chi connectivity index (χ0) is 21.2. The van der Waals surface area contributed by atoms with E-state index in [0.717, 1.165) is 11.1 Å². The van der Waals surface area contributed by atoms with Gasteiger partial charge in [-0.15, -0.1) is 0 Å². The van der Waals surface area contributed by atoms with Crippen LogP contribution in [0.15, 0.2) is 36.4 Å². The fourth-order valence-corrected chi connectivity index (χ4v) is 4.67. The summed E-state index contributed by atoms with van der Waals surface area (Å²) in [5.74, 6) is 0.995. The van der Waals surface area contributed by atoms with Gasteiger partial charge in [-0.25, -0.2) is 8.42 Å². The predicted octanol–water partition coefficient (Wildman–Crippen LogP) is 3.10. The first-order valence-corrected chi connectivity index (χ1v) is 11.3. The highest BCUT2D eigenvalue weighted by Crippen LogP contribution is 2.38. The fraction of sp³-hybridized carbons (Fsp3) is 0.400. The maximum Gasteiger partial charge on any atom is 0.274 e. The molecule has 1 heterocycles. The summed E-state index contributed by atoms with van der Waals surface area (Å²) in [5.41, 5.74) is 2.30. The van der Waals surface area contributed by atoms with E-state index in [4.69, 9.17) is 9.47 Å². The first-order chi connectivity index (χ1) is 13.7. The van der Waals surface area contributed by atoms with Gasteiger partial charge in [-0.05, 0) is 30.2 Å². The number of rotatable bonds is 8. The summed E-state index contributed by atoms with van der Waals surface area (Å²) in [5, 5.41) is 11.4. The number of methoxy groups -OCH3 is 1. The third kappa shape index (κ3) is 4.68. The van der Waals surface area contributed by atoms with Crippen LogP contribution in [0.2, 0.25) is 0 Å². The Hall–Kier alpha value is -2.65. The minimum Gasteiger partial charge on any atom is -0.493 e. The number of nitro benzene ring substituents is 1. The average Bonchev–Trinajstić information content (AvgIpc) is 3.09. The summed E-state index contributed by atoms with van der Waals surface area (Å²) in [6.07, 6.45) is 1.19. The fourth-order valence-electron chi connectivity index (χ4n) is 3.69. The lowest BCUT2D eigenvalue weighted by Gasteiger charge is -2.28. The van der Waals surface area contributed by atoms with Gasteiger partial charge in [0, 0.05) is 37.0 Å². The lowest BCUT2D eigenvalue weighted by atomic mass is 10.1. The molecule has 9 heteroatoms. The largest absolute Gasteiger partial charge is 0.493 e. The molecule has 0 saturated heterocycles. The summed E-state index contributed by atoms with van der Waals surface area (Å²) in [4.78, 5) is 12.9. The van der Waals surface area contributed by atoms with Crippen molar-refractivity contribution in [2.24, 2.45) is 0 Å². The summed E-state index contributed by atoms with van der Waals surface area (Å²) < 4.78 is 35.3. The van der Waals surface area contributed by atoms with Crippen molar-refractivity contribution < 1.29 is 22.8 Å². The number of benzene rings is 2. The maximum absolute atomic E-state index is 12.2. The molecular formula is C20H24N2O6S. The van der Waals surface area contributed by atoms with Crippen LogP contribution in [0.1, 0.15) is 29.7 Å². The molecule has 0 amide bonds. The Balaban J connectivity index is 2.00. The molecule has 0 fully saturated rings. The Morgan fingerprint density at radius 2 is 1.97 bits per heavy atom. The molecule has 0 aromatic heterocycles. The van der Waals surface area contributed by atoms with Crippen LogP contribution in [0, 0.1) is 10.1 Å². The van der Waals surface area contributed by atoms with Crippen LogP contribution in [-0.2, 0) is 22.9 Å². The van der Waals surface area contributed by atoms with E-state index >= 15 is 0 Å². The minimum atomic E-state index is -3.31. The predicted molar refractivity (Wildman–Crippen MR) is 109 cm³/mol. The average molecular weight is 420 g/mol. The molecule has 0 spiro atoms. The van der Waals surface area contributed by atoms with Gasteiger partial charge in [0.25, 0.3) is 5.69 Å². The summed E-state index contributed by atoms with van der Waals surface area (Å²) >= 11 is 0. The van der Waals surface area contributed by atoms with E-state index in [0.29, 0.717) is 36.8 Å². The van der Waals surface area contributed by atoms with Crippen LogP contribution < -0.4 is 9.47 Å². The Morgan fingerprint density at radius 1 is 1.21 bits per heavy atom. The van der Waals surface area contributed by atoms with Gasteiger partial charge in [-0.1, -0.05) is 18.2 Å². The van der Waals surface area contributed by atoms with Crippen LogP contribution in [0.5, 0.6) is 11.5 Å². The molecule has 1 atom stereocenters. The second-order valence-corrected chi connectivity index (χ2v) is 9.21. The SMILES string of the molecule is CCOc1cc([C@@H](CS(C)(=O)=O)N2Cc3cccc([N+](=O)[O-])c3C2)ccc1OC. The van der Waals surface area contributed by atoms with E-state index in [2.05, 4.69) is 0 Å². The number of ether oxygens (including phenoxy) is 2. The molecular weight excluding hydrogens is 396 g/mol. The number of nitro groups is 1. The summed E-state index contributed by atoms with van der Waals surface area (Å²) in [7, 11) is -1.77. The zero-order valence-electron chi connectivity index (χ0n) is 16.6. The van der Waals surface area contributed by atoms with Crippen LogP contribution in [-0.4, -0.2) is 44.0 Å². The lowest BCUT2D eigenvalue weighted by molar-refractivity contribution is -0.385. The topological polar surface area (TPSA) is 99.0 Å². The lowest BCUT2D eigenvalue weighted by Crippen LogP contribution is -2.29. The molecule has 0 radical (unpaired) electrons. The van der Waals surface area contributed by atoms with Crippen LogP contribution in [0.3, 0.4) is 0 Å². The van der Waals surface area contributed by atoms with Crippen molar-refractivity contribution >= 4 is 15.5 Å². The third-order valence-electron chi connectivity index (χ3n) is 4.95. The zero-order valence-corrected chi connectivity index (χ0v) is 17.4. The van der Waals surface area contributed by atoms with Gasteiger partial charge in [-0.2, -0.15) is 0 Å². The van der Waals surface area contributed by atoms with Crippen LogP contribution in [0.25, 0.3) is 0 Å². The van der Waals surface area contributed by atoms with Gasteiger partial charge in [0.05, 0.1) is 24.4 Å². The van der Waals surface area contributed by atoms with Crippen LogP contribution in [0.4, 0.5) is 5.69 Å². The standard InChI is InChI=1S/C20H24N2O6S/c1-4-28-20-10-14(8-9-19(20)27-2)18(13-29(3,25)26)21-11-15-6-5-7-17(22(23)24)16(15)12-21/h5-10,18H,4,11-13H2,1-3H3/t18-/m1/s1. The Kier molecular flexibility index (Phi) is 6.09. The third-order valence-corrected chi connectivity index (χ3v) is 5.87. The molecule has 0 unspecified atom stereocenters. The van der Waals surface area contributed by atoms with Gasteiger partial charge < -0.3 is 9.47 Å². The quantitative estimate of drug-likeness (QED) is 0.478. The van der Waals surface area contributed by atoms with E-state index in [1.807, 2.05) is 24.0 Å². The summed E-state index contributed by atoms with van der Waals surface area (Å²) in [6.45, 7) is 3.05. The number of sulfone groups is 1. The van der Waals surface area contributed by atoms with Crippen molar-refractivity contribution in [1.82, 2.24) is 4.90 Å². The van der Waals surface area contributed by atoms with Crippen molar-refractivity contribution in [3.8, 4) is 11.5 Å². The van der Waals surface area contributed by atoms with Gasteiger partial charge in [-0.3, -0.25) is 15.0 Å². The molecule has 3 rings (SSSR count). The Bertz CT molecular complexity index is 1020. The summed E-state index contributed by atoms with van der Waals surface area (Å²) in [6, 6.07) is 9.87. The number of hydrogen-bond acceptors (Lipinski definition) is 7. The Labute approximate surface area is 170 Å². The molecule has 8 nitrogen and oxygen atoms in total. The highest BCUT2D eigenvalue weighted by atomic mass is 32.2. The number of hydrogen-bond donors (Lipinski definition) is 0. The first-order valence-electron chi connectivity index (χ1n) is 9.21. The van der Waals surface area contributed by atoms with E-state index < -0.39 is 20.8 Å². The Morgan fingerprint density at radius 3 is 2.59 bits per heavy atom. The molecule has 2 aromatic carbocycles. The van der Waals surface area contributed by atoms with Crippen molar-refractivity contribution in [3.63, 3.8) is 0 Å². The molecule has 0 saturated carbocycles. The molecule has 29 heavy (non-hydrogen) atoms. The van der Waals surface area contributed by atoms with E-state index in [-0.39, 0.29) is 11.4 Å². The van der Waals surface area contributed by atoms with Crippen LogP contribution >= 0.6 is 0 Å².